The Morgan fingerprint density at radius 2 is 2.19 bits per heavy atom. The molecule has 1 fully saturated rings. The molecule has 1 aliphatic heterocycles. The molecule has 1 aromatic heterocycles. The number of amides is 1. The lowest BCUT2D eigenvalue weighted by atomic mass is 10.00. The summed E-state index contributed by atoms with van der Waals surface area (Å²) in [4.78, 5) is 14.9. The molecule has 1 aromatic carbocycles. The van der Waals surface area contributed by atoms with Crippen molar-refractivity contribution >= 4 is 17.7 Å². The molecule has 6 nitrogen and oxygen atoms in total. The minimum atomic E-state index is -0.256. The van der Waals surface area contributed by atoms with Crippen molar-refractivity contribution < 1.29 is 13.9 Å². The minimum Gasteiger partial charge on any atom is -0.496 e. The van der Waals surface area contributed by atoms with E-state index in [0.29, 0.717) is 22.9 Å². The molecule has 26 heavy (non-hydrogen) atoms. The van der Waals surface area contributed by atoms with Crippen LogP contribution >= 0.6 is 11.8 Å². The zero-order chi connectivity index (χ0) is 18.5. The molecule has 140 valence electrons. The number of rotatable bonds is 6. The molecule has 0 spiro atoms. The van der Waals surface area contributed by atoms with Crippen LogP contribution in [0.1, 0.15) is 39.5 Å². The van der Waals surface area contributed by atoms with Crippen LogP contribution in [0.25, 0.3) is 11.5 Å². The van der Waals surface area contributed by atoms with Gasteiger partial charge in [-0.2, -0.15) is 0 Å². The molecule has 0 aliphatic carbocycles. The van der Waals surface area contributed by atoms with Gasteiger partial charge in [0.2, 0.25) is 5.91 Å². The van der Waals surface area contributed by atoms with Crippen LogP contribution in [0.5, 0.6) is 5.75 Å². The van der Waals surface area contributed by atoms with Crippen LogP contribution in [-0.2, 0) is 4.79 Å². The second-order valence-electron chi connectivity index (χ2n) is 6.42. The summed E-state index contributed by atoms with van der Waals surface area (Å²) in [6, 6.07) is 7.85. The molecule has 0 bridgehead atoms. The Kier molecular flexibility index (Phi) is 6.19. The summed E-state index contributed by atoms with van der Waals surface area (Å²) in [7, 11) is 1.61. The third-order valence-corrected chi connectivity index (χ3v) is 5.67. The maximum absolute atomic E-state index is 12.8. The van der Waals surface area contributed by atoms with E-state index in [9.17, 15) is 4.79 Å². The lowest BCUT2D eigenvalue weighted by molar-refractivity contribution is -0.134. The summed E-state index contributed by atoms with van der Waals surface area (Å²) in [5.74, 6) is 1.23. The first-order valence-electron chi connectivity index (χ1n) is 9.08. The van der Waals surface area contributed by atoms with Gasteiger partial charge in [0.25, 0.3) is 11.1 Å². The van der Waals surface area contributed by atoms with Gasteiger partial charge in [0.15, 0.2) is 0 Å². The van der Waals surface area contributed by atoms with Crippen LogP contribution in [0.4, 0.5) is 0 Å². The summed E-state index contributed by atoms with van der Waals surface area (Å²) in [5, 5.41) is 8.35. The van der Waals surface area contributed by atoms with E-state index in [4.69, 9.17) is 9.15 Å². The first kappa shape index (κ1) is 18.8. The van der Waals surface area contributed by atoms with E-state index in [1.54, 1.807) is 7.11 Å². The Bertz CT molecular complexity index is 749. The van der Waals surface area contributed by atoms with Gasteiger partial charge in [0.1, 0.15) is 5.75 Å². The largest absolute Gasteiger partial charge is 0.496 e. The second kappa shape index (κ2) is 8.58. The number of methoxy groups -OCH3 is 1. The number of carbonyl (C=O) groups excluding carboxylic acids is 1. The monoisotopic (exact) mass is 375 g/mol. The standard InChI is InChI=1S/C19H25N3O3S/c1-4-14-9-7-8-12-22(14)18(23)13(2)26-19-21-20-17(25-19)15-10-5-6-11-16(15)24-3/h5-6,10-11,13-14H,4,7-9,12H2,1-3H3. The van der Waals surface area contributed by atoms with E-state index in [-0.39, 0.29) is 11.2 Å². The van der Waals surface area contributed by atoms with Gasteiger partial charge in [-0.15, -0.1) is 10.2 Å². The van der Waals surface area contributed by atoms with E-state index in [0.717, 1.165) is 31.4 Å². The highest BCUT2D eigenvalue weighted by Crippen LogP contribution is 2.32. The van der Waals surface area contributed by atoms with Crippen molar-refractivity contribution in [1.29, 1.82) is 0 Å². The van der Waals surface area contributed by atoms with E-state index in [1.165, 1.54) is 18.2 Å². The maximum Gasteiger partial charge on any atom is 0.277 e. The lowest BCUT2D eigenvalue weighted by Gasteiger charge is -2.36. The molecule has 2 aromatic rings. The van der Waals surface area contributed by atoms with Gasteiger partial charge < -0.3 is 14.1 Å². The van der Waals surface area contributed by atoms with Crippen molar-refractivity contribution in [2.24, 2.45) is 0 Å². The Morgan fingerprint density at radius 1 is 1.38 bits per heavy atom. The maximum atomic E-state index is 12.8. The van der Waals surface area contributed by atoms with Crippen molar-refractivity contribution in [1.82, 2.24) is 15.1 Å². The van der Waals surface area contributed by atoms with Crippen molar-refractivity contribution in [3.63, 3.8) is 0 Å². The topological polar surface area (TPSA) is 68.5 Å². The smallest absolute Gasteiger partial charge is 0.277 e. The molecule has 0 N–H and O–H groups in total. The fourth-order valence-electron chi connectivity index (χ4n) is 3.34. The van der Waals surface area contributed by atoms with E-state index in [2.05, 4.69) is 17.1 Å². The molecule has 0 saturated carbocycles. The van der Waals surface area contributed by atoms with Crippen molar-refractivity contribution in [2.75, 3.05) is 13.7 Å². The minimum absolute atomic E-state index is 0.151. The molecular formula is C19H25N3O3S. The third-order valence-electron chi connectivity index (χ3n) is 4.75. The molecule has 2 heterocycles. The predicted molar refractivity (Wildman–Crippen MR) is 101 cm³/mol. The molecular weight excluding hydrogens is 350 g/mol. The summed E-state index contributed by atoms with van der Waals surface area (Å²) in [6.07, 6.45) is 4.38. The Hall–Kier alpha value is -2.02. The number of benzene rings is 1. The number of aromatic nitrogens is 2. The van der Waals surface area contributed by atoms with Gasteiger partial charge in [0.05, 0.1) is 17.9 Å². The molecule has 1 saturated heterocycles. The van der Waals surface area contributed by atoms with Gasteiger partial charge in [-0.05, 0) is 44.7 Å². The zero-order valence-corrected chi connectivity index (χ0v) is 16.3. The molecule has 2 atom stereocenters. The van der Waals surface area contributed by atoms with Crippen LogP contribution in [0.15, 0.2) is 33.9 Å². The third kappa shape index (κ3) is 4.03. The fourth-order valence-corrected chi connectivity index (χ4v) is 4.09. The number of nitrogens with zero attached hydrogens (tertiary/aromatic N) is 3. The summed E-state index contributed by atoms with van der Waals surface area (Å²) >= 11 is 1.31. The Balaban J connectivity index is 1.69. The molecule has 3 rings (SSSR count). The quantitative estimate of drug-likeness (QED) is 0.711. The van der Waals surface area contributed by atoms with Crippen molar-refractivity contribution in [2.45, 2.75) is 56.0 Å². The highest BCUT2D eigenvalue weighted by atomic mass is 32.2. The van der Waals surface area contributed by atoms with E-state index < -0.39 is 0 Å². The average Bonchev–Trinajstić information content (AvgIpc) is 3.15. The average molecular weight is 375 g/mol. The number of hydrogen-bond donors (Lipinski definition) is 0. The van der Waals surface area contributed by atoms with Crippen molar-refractivity contribution in [3.8, 4) is 17.2 Å². The van der Waals surface area contributed by atoms with Gasteiger partial charge in [0, 0.05) is 12.6 Å². The fraction of sp³-hybridized carbons (Fsp3) is 0.526. The normalized spacial score (nSPS) is 18.6. The summed E-state index contributed by atoms with van der Waals surface area (Å²) in [6.45, 7) is 4.89. The van der Waals surface area contributed by atoms with Gasteiger partial charge in [-0.3, -0.25) is 4.79 Å². The molecule has 0 radical (unpaired) electrons. The number of ether oxygens (including phenoxy) is 1. The molecule has 1 aliphatic rings. The predicted octanol–water partition coefficient (Wildman–Crippen LogP) is 4.02. The Labute approximate surface area is 158 Å². The SMILES string of the molecule is CCC1CCCCN1C(=O)C(C)Sc1nnc(-c2ccccc2OC)o1. The van der Waals surface area contributed by atoms with Crippen LogP contribution in [0.3, 0.4) is 0 Å². The number of thioether (sulfide) groups is 1. The first-order chi connectivity index (χ1) is 12.6. The van der Waals surface area contributed by atoms with Gasteiger partial charge in [-0.1, -0.05) is 30.8 Å². The van der Waals surface area contributed by atoms with Crippen molar-refractivity contribution in [3.05, 3.63) is 24.3 Å². The lowest BCUT2D eigenvalue weighted by Crippen LogP contribution is -2.46. The molecule has 2 unspecified atom stereocenters. The van der Waals surface area contributed by atoms with Crippen LogP contribution in [0.2, 0.25) is 0 Å². The number of para-hydroxylation sites is 1. The van der Waals surface area contributed by atoms with Crippen LogP contribution in [-0.4, -0.2) is 46.0 Å². The van der Waals surface area contributed by atoms with Gasteiger partial charge in [-0.25, -0.2) is 0 Å². The number of likely N-dealkylation sites (tertiary alicyclic amines) is 1. The van der Waals surface area contributed by atoms with Crippen LogP contribution in [0, 0.1) is 0 Å². The first-order valence-corrected chi connectivity index (χ1v) is 9.96. The number of carbonyl (C=O) groups is 1. The summed E-state index contributed by atoms with van der Waals surface area (Å²) < 4.78 is 11.1. The second-order valence-corrected chi connectivity index (χ2v) is 7.72. The number of piperidine rings is 1. The highest BCUT2D eigenvalue weighted by Gasteiger charge is 2.30. The number of hydrogen-bond acceptors (Lipinski definition) is 6. The zero-order valence-electron chi connectivity index (χ0n) is 15.5. The highest BCUT2D eigenvalue weighted by molar-refractivity contribution is 8.00. The molecule has 7 heteroatoms. The van der Waals surface area contributed by atoms with Gasteiger partial charge >= 0.3 is 0 Å². The summed E-state index contributed by atoms with van der Waals surface area (Å²) in [5.41, 5.74) is 0.746. The molecule has 1 amide bonds. The van der Waals surface area contributed by atoms with Crippen LogP contribution < -0.4 is 4.74 Å². The Morgan fingerprint density at radius 3 is 2.96 bits per heavy atom. The van der Waals surface area contributed by atoms with E-state index >= 15 is 0 Å². The van der Waals surface area contributed by atoms with E-state index in [1.807, 2.05) is 36.1 Å².